The lowest BCUT2D eigenvalue weighted by atomic mass is 9.73. The van der Waals surface area contributed by atoms with E-state index < -0.39 is 5.97 Å². The highest BCUT2D eigenvalue weighted by Crippen LogP contribution is 2.42. The van der Waals surface area contributed by atoms with Gasteiger partial charge in [0.2, 0.25) is 0 Å². The van der Waals surface area contributed by atoms with Crippen molar-refractivity contribution < 1.29 is 9.90 Å². The van der Waals surface area contributed by atoms with Crippen molar-refractivity contribution in [3.05, 3.63) is 46.5 Å². The van der Waals surface area contributed by atoms with Crippen LogP contribution >= 0.6 is 0 Å². The quantitative estimate of drug-likeness (QED) is 0.749. The predicted molar refractivity (Wildman–Crippen MR) is 66.0 cm³/mol. The summed E-state index contributed by atoms with van der Waals surface area (Å²) in [6, 6.07) is 8.01. The van der Waals surface area contributed by atoms with Crippen molar-refractivity contribution in [2.75, 3.05) is 0 Å². The monoisotopic (exact) mass is 228 g/mol. The molecule has 17 heavy (non-hydrogen) atoms. The minimum Gasteiger partial charge on any atom is -0.481 e. The van der Waals surface area contributed by atoms with Crippen LogP contribution in [0.15, 0.2) is 35.4 Å². The Bertz CT molecular complexity index is 499. The van der Waals surface area contributed by atoms with Crippen molar-refractivity contribution in [2.24, 2.45) is 0 Å². The molecule has 0 saturated carbocycles. The number of aliphatic carboxylic acids is 1. The molecular weight excluding hydrogens is 212 g/mol. The van der Waals surface area contributed by atoms with E-state index in [4.69, 9.17) is 0 Å². The van der Waals surface area contributed by atoms with Gasteiger partial charge in [0.25, 0.3) is 0 Å². The lowest BCUT2D eigenvalue weighted by Crippen LogP contribution is -2.23. The fourth-order valence-corrected chi connectivity index (χ4v) is 3.22. The number of fused-ring (bicyclic) bond motifs is 1. The van der Waals surface area contributed by atoms with E-state index in [-0.39, 0.29) is 5.92 Å². The standard InChI is InChI=1S/C15H16O2/c16-15(17)14-12-7-3-1-5-10(12)9-11-6-2-4-8-13(11)14/h1,3,5,7,14H,2,4,6,8-9H2,(H,16,17). The van der Waals surface area contributed by atoms with E-state index in [0.717, 1.165) is 31.2 Å². The molecule has 0 heterocycles. The third-order valence-corrected chi connectivity index (χ3v) is 3.99. The van der Waals surface area contributed by atoms with Crippen LogP contribution in [0.1, 0.15) is 42.7 Å². The van der Waals surface area contributed by atoms with Crippen molar-refractivity contribution in [3.8, 4) is 0 Å². The van der Waals surface area contributed by atoms with E-state index >= 15 is 0 Å². The lowest BCUT2D eigenvalue weighted by molar-refractivity contribution is -0.138. The van der Waals surface area contributed by atoms with Crippen LogP contribution in [0.25, 0.3) is 0 Å². The molecule has 0 radical (unpaired) electrons. The zero-order valence-electron chi connectivity index (χ0n) is 9.78. The first kappa shape index (κ1) is 10.6. The number of allylic oxidation sites excluding steroid dienone is 1. The first-order valence-corrected chi connectivity index (χ1v) is 6.29. The second-order valence-electron chi connectivity index (χ2n) is 4.98. The number of benzene rings is 1. The van der Waals surface area contributed by atoms with E-state index in [2.05, 4.69) is 6.07 Å². The Morgan fingerprint density at radius 3 is 2.76 bits per heavy atom. The summed E-state index contributed by atoms with van der Waals surface area (Å²) in [6.45, 7) is 0. The fraction of sp³-hybridized carbons (Fsp3) is 0.400. The summed E-state index contributed by atoms with van der Waals surface area (Å²) in [4.78, 5) is 11.5. The van der Waals surface area contributed by atoms with Crippen molar-refractivity contribution in [3.63, 3.8) is 0 Å². The summed E-state index contributed by atoms with van der Waals surface area (Å²) in [5.74, 6) is -1.07. The van der Waals surface area contributed by atoms with E-state index in [1.165, 1.54) is 23.1 Å². The molecule has 0 spiro atoms. The predicted octanol–water partition coefficient (Wildman–Crippen LogP) is 3.28. The Morgan fingerprint density at radius 2 is 1.94 bits per heavy atom. The van der Waals surface area contributed by atoms with Gasteiger partial charge < -0.3 is 5.11 Å². The van der Waals surface area contributed by atoms with Crippen LogP contribution in [-0.2, 0) is 11.2 Å². The van der Waals surface area contributed by atoms with Crippen molar-refractivity contribution >= 4 is 5.97 Å². The maximum Gasteiger partial charge on any atom is 0.315 e. The highest BCUT2D eigenvalue weighted by Gasteiger charge is 2.33. The molecule has 0 bridgehead atoms. The Labute approximate surface area is 101 Å². The molecule has 0 aromatic heterocycles. The van der Waals surface area contributed by atoms with Gasteiger partial charge in [0, 0.05) is 0 Å². The summed E-state index contributed by atoms with van der Waals surface area (Å²) in [6.07, 6.45) is 5.39. The molecule has 0 fully saturated rings. The van der Waals surface area contributed by atoms with E-state index in [1.807, 2.05) is 18.2 Å². The molecule has 0 saturated heterocycles. The average molecular weight is 228 g/mol. The van der Waals surface area contributed by atoms with Gasteiger partial charge >= 0.3 is 5.97 Å². The van der Waals surface area contributed by atoms with Crippen molar-refractivity contribution in [1.82, 2.24) is 0 Å². The second-order valence-corrected chi connectivity index (χ2v) is 4.98. The number of rotatable bonds is 1. The summed E-state index contributed by atoms with van der Waals surface area (Å²) in [5.41, 5.74) is 4.81. The topological polar surface area (TPSA) is 37.3 Å². The zero-order valence-corrected chi connectivity index (χ0v) is 9.78. The van der Waals surface area contributed by atoms with Crippen LogP contribution in [0, 0.1) is 0 Å². The molecule has 1 atom stereocenters. The molecule has 2 nitrogen and oxygen atoms in total. The van der Waals surface area contributed by atoms with Gasteiger partial charge in [-0.3, -0.25) is 4.79 Å². The van der Waals surface area contributed by atoms with Crippen LogP contribution in [0.2, 0.25) is 0 Å². The van der Waals surface area contributed by atoms with Gasteiger partial charge in [0.05, 0.1) is 0 Å². The van der Waals surface area contributed by atoms with Crippen LogP contribution in [0.5, 0.6) is 0 Å². The molecule has 2 aliphatic rings. The average Bonchev–Trinajstić information content (AvgIpc) is 2.35. The molecule has 0 aliphatic heterocycles. The van der Waals surface area contributed by atoms with Crippen LogP contribution in [-0.4, -0.2) is 11.1 Å². The smallest absolute Gasteiger partial charge is 0.315 e. The molecule has 1 N–H and O–H groups in total. The molecule has 3 rings (SSSR count). The van der Waals surface area contributed by atoms with Crippen LogP contribution in [0.3, 0.4) is 0 Å². The van der Waals surface area contributed by atoms with Gasteiger partial charge in [-0.15, -0.1) is 0 Å². The third kappa shape index (κ3) is 1.68. The number of hydrogen-bond donors (Lipinski definition) is 1. The van der Waals surface area contributed by atoms with E-state index in [0.29, 0.717) is 0 Å². The van der Waals surface area contributed by atoms with E-state index in [9.17, 15) is 9.90 Å². The molecule has 0 amide bonds. The van der Waals surface area contributed by atoms with Crippen LogP contribution in [0.4, 0.5) is 0 Å². The fourth-order valence-electron chi connectivity index (χ4n) is 3.22. The SMILES string of the molecule is O=C(O)C1C2=C(CCCC2)Cc2ccccc21. The Balaban J connectivity index is 2.13. The number of hydrogen-bond acceptors (Lipinski definition) is 1. The molecule has 1 unspecified atom stereocenters. The van der Waals surface area contributed by atoms with Crippen molar-refractivity contribution in [1.29, 1.82) is 0 Å². The maximum atomic E-state index is 11.5. The molecular formula is C15H16O2. The zero-order chi connectivity index (χ0) is 11.8. The molecule has 2 aliphatic carbocycles. The van der Waals surface area contributed by atoms with Crippen molar-refractivity contribution in [2.45, 2.75) is 38.0 Å². The minimum absolute atomic E-state index is 0.379. The summed E-state index contributed by atoms with van der Waals surface area (Å²) >= 11 is 0. The lowest BCUT2D eigenvalue weighted by Gasteiger charge is -2.31. The first-order valence-electron chi connectivity index (χ1n) is 6.29. The molecule has 88 valence electrons. The maximum absolute atomic E-state index is 11.5. The number of carbonyl (C=O) groups is 1. The highest BCUT2D eigenvalue weighted by atomic mass is 16.4. The summed E-state index contributed by atoms with van der Waals surface area (Å²) in [5, 5.41) is 9.49. The van der Waals surface area contributed by atoms with Gasteiger partial charge in [0.15, 0.2) is 0 Å². The Morgan fingerprint density at radius 1 is 1.18 bits per heavy atom. The second kappa shape index (κ2) is 4.02. The number of carboxylic acids is 1. The minimum atomic E-state index is -0.688. The third-order valence-electron chi connectivity index (χ3n) is 3.99. The normalized spacial score (nSPS) is 22.9. The largest absolute Gasteiger partial charge is 0.481 e. The van der Waals surface area contributed by atoms with Gasteiger partial charge in [-0.1, -0.05) is 35.4 Å². The van der Waals surface area contributed by atoms with Gasteiger partial charge in [0.1, 0.15) is 5.92 Å². The number of carboxylic acid groups (broad SMARTS) is 1. The van der Waals surface area contributed by atoms with Gasteiger partial charge in [-0.2, -0.15) is 0 Å². The summed E-state index contributed by atoms with van der Waals surface area (Å²) < 4.78 is 0. The highest BCUT2D eigenvalue weighted by molar-refractivity contribution is 5.82. The molecule has 2 heteroatoms. The van der Waals surface area contributed by atoms with Gasteiger partial charge in [-0.05, 0) is 43.2 Å². The molecule has 1 aromatic rings. The first-order chi connectivity index (χ1) is 8.27. The Kier molecular flexibility index (Phi) is 2.50. The Hall–Kier alpha value is -1.57. The molecule has 1 aromatic carbocycles. The van der Waals surface area contributed by atoms with Gasteiger partial charge in [-0.25, -0.2) is 0 Å². The van der Waals surface area contributed by atoms with Crippen LogP contribution < -0.4 is 0 Å². The van der Waals surface area contributed by atoms with E-state index in [1.54, 1.807) is 0 Å². The summed E-state index contributed by atoms with van der Waals surface area (Å²) in [7, 11) is 0.